The second kappa shape index (κ2) is 7.50. The number of aliphatic hydroxyl groups is 1. The Morgan fingerprint density at radius 3 is 2.93 bits per heavy atom. The van der Waals surface area contributed by atoms with Crippen LogP contribution in [0.1, 0.15) is 22.3 Å². The highest BCUT2D eigenvalue weighted by atomic mass is 16.5. The molecule has 0 saturated carbocycles. The van der Waals surface area contributed by atoms with Crippen molar-refractivity contribution >= 4 is 28.5 Å². The van der Waals surface area contributed by atoms with Gasteiger partial charge in [-0.2, -0.15) is 0 Å². The van der Waals surface area contributed by atoms with E-state index in [1.807, 2.05) is 30.3 Å². The lowest BCUT2D eigenvalue weighted by Crippen LogP contribution is -2.28. The molecule has 2 aromatic carbocycles. The summed E-state index contributed by atoms with van der Waals surface area (Å²) in [4.78, 5) is 19.1. The number of anilines is 2. The van der Waals surface area contributed by atoms with Gasteiger partial charge in [0.2, 0.25) is 5.95 Å². The number of hydrogen-bond donors (Lipinski definition) is 1. The lowest BCUT2D eigenvalue weighted by Gasteiger charge is -2.31. The number of ether oxygens (including phenoxy) is 1. The van der Waals surface area contributed by atoms with Crippen molar-refractivity contribution in [1.29, 1.82) is 0 Å². The van der Waals surface area contributed by atoms with Crippen LogP contribution in [0, 0.1) is 0 Å². The first-order valence-corrected chi connectivity index (χ1v) is 9.21. The highest BCUT2D eigenvalue weighted by Crippen LogP contribution is 2.35. The van der Waals surface area contributed by atoms with E-state index in [-0.39, 0.29) is 5.78 Å². The second-order valence-corrected chi connectivity index (χ2v) is 6.72. The molecule has 0 atom stereocenters. The van der Waals surface area contributed by atoms with Crippen molar-refractivity contribution in [3.63, 3.8) is 0 Å². The van der Waals surface area contributed by atoms with E-state index in [4.69, 9.17) is 9.72 Å². The molecule has 0 bridgehead atoms. The third-order valence-electron chi connectivity index (χ3n) is 5.06. The number of nitrogens with zero attached hydrogens (tertiary/aromatic N) is 3. The monoisotopic (exact) mass is 365 g/mol. The molecule has 2 heterocycles. The van der Waals surface area contributed by atoms with Gasteiger partial charge in [0.15, 0.2) is 5.78 Å². The summed E-state index contributed by atoms with van der Waals surface area (Å²) in [6.07, 6.45) is 1.99. The maximum atomic E-state index is 12.0. The van der Waals surface area contributed by atoms with Crippen molar-refractivity contribution < 1.29 is 14.6 Å². The van der Waals surface area contributed by atoms with E-state index in [0.717, 1.165) is 42.1 Å². The number of methoxy groups -OCH3 is 1. The van der Waals surface area contributed by atoms with E-state index < -0.39 is 6.61 Å². The topological polar surface area (TPSA) is 67.6 Å². The standard InChI is InChI=1S/C21H23N3O3/c1-27-12-11-24-18-7-3-2-6-17(18)22-21(24)23-10-4-5-15-8-9-16(13-19(15)23)20(26)14-25/h2-3,6-9,13,25H,4-5,10-12,14H2,1H3. The molecule has 0 radical (unpaired) electrons. The SMILES string of the molecule is COCCn1c(N2CCCc3ccc(C(=O)CO)cc32)nc2ccccc21. The normalized spacial score (nSPS) is 13.8. The summed E-state index contributed by atoms with van der Waals surface area (Å²) in [7, 11) is 1.70. The van der Waals surface area contributed by atoms with Crippen LogP contribution in [-0.4, -0.2) is 47.3 Å². The number of Topliss-reactive ketones (excluding diaryl/α,β-unsaturated/α-hetero) is 1. The molecule has 6 heteroatoms. The molecule has 1 N–H and O–H groups in total. The van der Waals surface area contributed by atoms with E-state index in [1.165, 1.54) is 5.56 Å². The van der Waals surface area contributed by atoms with Gasteiger partial charge in [-0.3, -0.25) is 4.79 Å². The third-order valence-corrected chi connectivity index (χ3v) is 5.06. The smallest absolute Gasteiger partial charge is 0.211 e. The summed E-state index contributed by atoms with van der Waals surface area (Å²) in [5.41, 5.74) is 4.73. The Hall–Kier alpha value is -2.70. The molecule has 3 aromatic rings. The highest BCUT2D eigenvalue weighted by molar-refractivity contribution is 5.98. The zero-order chi connectivity index (χ0) is 18.8. The largest absolute Gasteiger partial charge is 0.388 e. The quantitative estimate of drug-likeness (QED) is 0.680. The van der Waals surface area contributed by atoms with Crippen LogP contribution in [0.2, 0.25) is 0 Å². The summed E-state index contributed by atoms with van der Waals surface area (Å²) in [6.45, 7) is 1.65. The molecule has 1 aliphatic heterocycles. The predicted molar refractivity (Wildman–Crippen MR) is 105 cm³/mol. The van der Waals surface area contributed by atoms with Crippen molar-refractivity contribution in [3.05, 3.63) is 53.6 Å². The van der Waals surface area contributed by atoms with E-state index >= 15 is 0 Å². The molecule has 1 aromatic heterocycles. The number of fused-ring (bicyclic) bond motifs is 2. The van der Waals surface area contributed by atoms with E-state index in [9.17, 15) is 9.90 Å². The first-order chi connectivity index (χ1) is 13.2. The number of rotatable bonds is 6. The van der Waals surface area contributed by atoms with Crippen molar-refractivity contribution in [3.8, 4) is 0 Å². The van der Waals surface area contributed by atoms with Crippen molar-refractivity contribution in [1.82, 2.24) is 9.55 Å². The van der Waals surface area contributed by atoms with E-state index in [0.29, 0.717) is 18.7 Å². The zero-order valence-electron chi connectivity index (χ0n) is 15.4. The van der Waals surface area contributed by atoms with Crippen molar-refractivity contribution in [2.45, 2.75) is 19.4 Å². The Morgan fingerprint density at radius 1 is 1.26 bits per heavy atom. The number of benzene rings is 2. The minimum absolute atomic E-state index is 0.267. The molecule has 1 aliphatic rings. The number of ketones is 1. The zero-order valence-corrected chi connectivity index (χ0v) is 15.4. The molecule has 27 heavy (non-hydrogen) atoms. The summed E-state index contributed by atoms with van der Waals surface area (Å²) < 4.78 is 7.48. The Balaban J connectivity index is 1.84. The molecule has 4 rings (SSSR count). The fourth-order valence-corrected chi connectivity index (χ4v) is 3.72. The van der Waals surface area contributed by atoms with Gasteiger partial charge in [-0.1, -0.05) is 24.3 Å². The Bertz CT molecular complexity index is 980. The first-order valence-electron chi connectivity index (χ1n) is 9.21. The fourth-order valence-electron chi connectivity index (χ4n) is 3.72. The minimum atomic E-state index is -0.481. The molecule has 0 amide bonds. The molecular weight excluding hydrogens is 342 g/mol. The number of carbonyl (C=O) groups is 1. The molecule has 0 spiro atoms. The number of carbonyl (C=O) groups excluding carboxylic acids is 1. The number of para-hydroxylation sites is 2. The molecule has 6 nitrogen and oxygen atoms in total. The van der Waals surface area contributed by atoms with Crippen LogP contribution in [0.4, 0.5) is 11.6 Å². The van der Waals surface area contributed by atoms with Crippen molar-refractivity contribution in [2.24, 2.45) is 0 Å². The fraction of sp³-hybridized carbons (Fsp3) is 0.333. The van der Waals surface area contributed by atoms with Crippen LogP contribution < -0.4 is 4.90 Å². The first kappa shape index (κ1) is 17.7. The number of hydrogen-bond acceptors (Lipinski definition) is 5. The molecule has 0 fully saturated rings. The van der Waals surface area contributed by atoms with Gasteiger partial charge in [0.25, 0.3) is 0 Å². The number of aliphatic hydroxyl groups excluding tert-OH is 1. The van der Waals surface area contributed by atoms with Gasteiger partial charge in [-0.25, -0.2) is 4.98 Å². The number of aryl methyl sites for hydroxylation is 1. The Kier molecular flexibility index (Phi) is 4.92. The van der Waals surface area contributed by atoms with Gasteiger partial charge in [0, 0.05) is 31.5 Å². The van der Waals surface area contributed by atoms with Gasteiger partial charge in [0.1, 0.15) is 6.61 Å². The van der Waals surface area contributed by atoms with Gasteiger partial charge in [-0.15, -0.1) is 0 Å². The minimum Gasteiger partial charge on any atom is -0.388 e. The van der Waals surface area contributed by atoms with Crippen LogP contribution >= 0.6 is 0 Å². The average molecular weight is 365 g/mol. The summed E-state index contributed by atoms with van der Waals surface area (Å²) in [5.74, 6) is 0.596. The van der Waals surface area contributed by atoms with Crippen LogP contribution in [-0.2, 0) is 17.7 Å². The lowest BCUT2D eigenvalue weighted by molar-refractivity contribution is 0.0903. The summed E-state index contributed by atoms with van der Waals surface area (Å²) >= 11 is 0. The molecule has 140 valence electrons. The predicted octanol–water partition coefficient (Wildman–Crippen LogP) is 2.94. The van der Waals surface area contributed by atoms with Crippen LogP contribution in [0.15, 0.2) is 42.5 Å². The highest BCUT2D eigenvalue weighted by Gasteiger charge is 2.24. The van der Waals surface area contributed by atoms with E-state index in [2.05, 4.69) is 15.5 Å². The maximum absolute atomic E-state index is 12.0. The second-order valence-electron chi connectivity index (χ2n) is 6.72. The number of aromatic nitrogens is 2. The van der Waals surface area contributed by atoms with Gasteiger partial charge in [-0.05, 0) is 36.6 Å². The molecule has 0 saturated heterocycles. The third kappa shape index (κ3) is 3.22. The van der Waals surface area contributed by atoms with Gasteiger partial charge < -0.3 is 19.3 Å². The average Bonchev–Trinajstić information content (AvgIpc) is 3.09. The van der Waals surface area contributed by atoms with Crippen LogP contribution in [0.3, 0.4) is 0 Å². The summed E-state index contributed by atoms with van der Waals surface area (Å²) in [6, 6.07) is 13.8. The van der Waals surface area contributed by atoms with E-state index in [1.54, 1.807) is 13.2 Å². The van der Waals surface area contributed by atoms with Crippen LogP contribution in [0.5, 0.6) is 0 Å². The lowest BCUT2D eigenvalue weighted by atomic mass is 9.98. The molecule has 0 unspecified atom stereocenters. The molecule has 0 aliphatic carbocycles. The Morgan fingerprint density at radius 2 is 2.11 bits per heavy atom. The Labute approximate surface area is 158 Å². The summed E-state index contributed by atoms with van der Waals surface area (Å²) in [5, 5.41) is 9.22. The molecular formula is C21H23N3O3. The number of imidazole rings is 1. The van der Waals surface area contributed by atoms with Crippen LogP contribution in [0.25, 0.3) is 11.0 Å². The van der Waals surface area contributed by atoms with Crippen molar-refractivity contribution in [2.75, 3.05) is 31.8 Å². The van der Waals surface area contributed by atoms with Gasteiger partial charge >= 0.3 is 0 Å². The maximum Gasteiger partial charge on any atom is 0.211 e. The van der Waals surface area contributed by atoms with Gasteiger partial charge in [0.05, 0.1) is 17.6 Å².